The molecular weight excluding hydrogens is 421 g/mol. The lowest BCUT2D eigenvalue weighted by Gasteiger charge is -2.12. The minimum Gasteiger partial charge on any atom is -0.487 e. The molecule has 2 heterocycles. The summed E-state index contributed by atoms with van der Waals surface area (Å²) in [4.78, 5) is 12.2. The topological polar surface area (TPSA) is 73.3 Å². The Morgan fingerprint density at radius 3 is 2.87 bits per heavy atom. The number of carbonyl (C=O) groups is 1. The number of hydrogen-bond donors (Lipinski definition) is 1. The van der Waals surface area contributed by atoms with Gasteiger partial charge in [0.15, 0.2) is 0 Å². The largest absolute Gasteiger partial charge is 0.487 e. The van der Waals surface area contributed by atoms with Gasteiger partial charge in [-0.3, -0.25) is 4.79 Å². The summed E-state index contributed by atoms with van der Waals surface area (Å²) in [6, 6.07) is 13.4. The smallest absolute Gasteiger partial charge is 0.244 e. The maximum atomic E-state index is 14.2. The van der Waals surface area contributed by atoms with E-state index < -0.39 is 0 Å². The summed E-state index contributed by atoms with van der Waals surface area (Å²) in [6.07, 6.45) is 3.22. The number of amides is 1. The van der Waals surface area contributed by atoms with Gasteiger partial charge in [0, 0.05) is 34.7 Å². The fraction of sp³-hybridized carbons (Fsp3) is 0.174. The average Bonchev–Trinajstić information content (AvgIpc) is 3.19. The maximum Gasteiger partial charge on any atom is 0.244 e. The minimum atomic E-state index is -0.387. The van der Waals surface area contributed by atoms with Crippen LogP contribution in [-0.2, 0) is 11.2 Å². The molecule has 6 nitrogen and oxygen atoms in total. The van der Waals surface area contributed by atoms with Crippen LogP contribution in [-0.4, -0.2) is 35.9 Å². The first-order valence-electron chi connectivity index (χ1n) is 9.61. The highest BCUT2D eigenvalue weighted by Gasteiger charge is 2.27. The quantitative estimate of drug-likeness (QED) is 0.586. The molecule has 4 rings (SSSR count). The normalized spacial score (nSPS) is 14.9. The monoisotopic (exact) mass is 439 g/mol. The summed E-state index contributed by atoms with van der Waals surface area (Å²) in [5.41, 5.74) is 2.46. The SMILES string of the molecule is COc1ccc(-c2cc(F)cc3c2OC(CNC(=O)C=Cc2ccccc2Cl)C3)nn1. The van der Waals surface area contributed by atoms with Crippen molar-refractivity contribution in [1.82, 2.24) is 15.5 Å². The number of hydrogen-bond acceptors (Lipinski definition) is 5. The third kappa shape index (κ3) is 4.83. The minimum absolute atomic E-state index is 0.271. The van der Waals surface area contributed by atoms with E-state index in [1.807, 2.05) is 18.2 Å². The molecule has 1 aliphatic rings. The van der Waals surface area contributed by atoms with E-state index in [1.165, 1.54) is 25.3 Å². The van der Waals surface area contributed by atoms with E-state index in [0.29, 0.717) is 34.3 Å². The first kappa shape index (κ1) is 20.8. The van der Waals surface area contributed by atoms with Gasteiger partial charge in [-0.2, -0.15) is 0 Å². The molecule has 1 aliphatic heterocycles. The first-order chi connectivity index (χ1) is 15.0. The van der Waals surface area contributed by atoms with Crippen LogP contribution in [0.15, 0.2) is 54.6 Å². The molecule has 1 aromatic heterocycles. The molecule has 0 aliphatic carbocycles. The number of fused-ring (bicyclic) bond motifs is 1. The Labute approximate surface area is 183 Å². The van der Waals surface area contributed by atoms with Gasteiger partial charge in [0.25, 0.3) is 0 Å². The second-order valence-electron chi connectivity index (χ2n) is 6.95. The molecular formula is C23H19ClFN3O3. The van der Waals surface area contributed by atoms with Gasteiger partial charge in [0.05, 0.1) is 19.3 Å². The fourth-order valence-corrected chi connectivity index (χ4v) is 3.52. The first-order valence-corrected chi connectivity index (χ1v) is 9.99. The molecule has 1 N–H and O–H groups in total. The van der Waals surface area contributed by atoms with Crippen LogP contribution in [0.1, 0.15) is 11.1 Å². The summed E-state index contributed by atoms with van der Waals surface area (Å²) in [5, 5.41) is 11.4. The molecule has 0 saturated carbocycles. The van der Waals surface area contributed by atoms with Crippen molar-refractivity contribution >= 4 is 23.6 Å². The maximum absolute atomic E-state index is 14.2. The van der Waals surface area contributed by atoms with Crippen molar-refractivity contribution in [2.75, 3.05) is 13.7 Å². The lowest BCUT2D eigenvalue weighted by atomic mass is 10.0. The molecule has 31 heavy (non-hydrogen) atoms. The van der Waals surface area contributed by atoms with Crippen molar-refractivity contribution in [3.63, 3.8) is 0 Å². The van der Waals surface area contributed by atoms with E-state index >= 15 is 0 Å². The van der Waals surface area contributed by atoms with E-state index in [0.717, 1.165) is 11.1 Å². The van der Waals surface area contributed by atoms with Gasteiger partial charge in [-0.1, -0.05) is 29.8 Å². The Hall–Kier alpha value is -3.45. The Bertz CT molecular complexity index is 1140. The summed E-state index contributed by atoms with van der Waals surface area (Å²) < 4.78 is 25.2. The number of rotatable bonds is 6. The summed E-state index contributed by atoms with van der Waals surface area (Å²) in [7, 11) is 1.50. The number of methoxy groups -OCH3 is 1. The van der Waals surface area contributed by atoms with Gasteiger partial charge in [-0.05, 0) is 35.9 Å². The van der Waals surface area contributed by atoms with Crippen LogP contribution >= 0.6 is 11.6 Å². The number of carbonyl (C=O) groups excluding carboxylic acids is 1. The van der Waals surface area contributed by atoms with E-state index in [1.54, 1.807) is 24.3 Å². The number of aromatic nitrogens is 2. The van der Waals surface area contributed by atoms with Crippen LogP contribution in [0, 0.1) is 5.82 Å². The van der Waals surface area contributed by atoms with E-state index in [9.17, 15) is 9.18 Å². The molecule has 1 atom stereocenters. The number of halogens is 2. The van der Waals surface area contributed by atoms with E-state index in [-0.39, 0.29) is 24.4 Å². The molecule has 0 fully saturated rings. The molecule has 0 radical (unpaired) electrons. The molecule has 1 amide bonds. The standard InChI is InChI=1S/C23H19ClFN3O3/c1-30-22-9-7-20(27-28-22)18-12-16(25)10-15-11-17(31-23(15)18)13-26-21(29)8-6-14-4-2-3-5-19(14)24/h2-10,12,17H,11,13H2,1H3,(H,26,29). The Morgan fingerprint density at radius 2 is 2.13 bits per heavy atom. The van der Waals surface area contributed by atoms with Crippen molar-refractivity contribution in [3.8, 4) is 22.9 Å². The highest BCUT2D eigenvalue weighted by molar-refractivity contribution is 6.32. The van der Waals surface area contributed by atoms with Gasteiger partial charge < -0.3 is 14.8 Å². The lowest BCUT2D eigenvalue weighted by molar-refractivity contribution is -0.116. The molecule has 158 valence electrons. The molecule has 3 aromatic rings. The average molecular weight is 440 g/mol. The Balaban J connectivity index is 1.42. The van der Waals surface area contributed by atoms with E-state index in [4.69, 9.17) is 21.1 Å². The predicted octanol–water partition coefficient (Wildman–Crippen LogP) is 4.08. The van der Waals surface area contributed by atoms with Gasteiger partial charge in [-0.25, -0.2) is 4.39 Å². The summed E-state index contributed by atoms with van der Waals surface area (Å²) in [6.45, 7) is 0.274. The van der Waals surface area contributed by atoms with Crippen LogP contribution in [0.5, 0.6) is 11.6 Å². The zero-order valence-corrected chi connectivity index (χ0v) is 17.4. The van der Waals surface area contributed by atoms with Crippen LogP contribution in [0.25, 0.3) is 17.3 Å². The number of nitrogens with zero attached hydrogens (tertiary/aromatic N) is 2. The van der Waals surface area contributed by atoms with Crippen molar-refractivity contribution in [1.29, 1.82) is 0 Å². The van der Waals surface area contributed by atoms with Gasteiger partial charge in [-0.15, -0.1) is 10.2 Å². The predicted molar refractivity (Wildman–Crippen MR) is 116 cm³/mol. The number of nitrogens with one attached hydrogen (secondary N) is 1. The van der Waals surface area contributed by atoms with Gasteiger partial charge >= 0.3 is 0 Å². The van der Waals surface area contributed by atoms with Crippen LogP contribution in [0.2, 0.25) is 5.02 Å². The fourth-order valence-electron chi connectivity index (χ4n) is 3.32. The molecule has 0 saturated heterocycles. The van der Waals surface area contributed by atoms with Crippen molar-refractivity contribution in [2.45, 2.75) is 12.5 Å². The highest BCUT2D eigenvalue weighted by atomic mass is 35.5. The zero-order valence-electron chi connectivity index (χ0n) is 16.6. The Kier molecular flexibility index (Phi) is 6.13. The number of benzene rings is 2. The number of ether oxygens (including phenoxy) is 2. The summed E-state index contributed by atoms with van der Waals surface area (Å²) >= 11 is 6.08. The third-order valence-electron chi connectivity index (χ3n) is 4.81. The van der Waals surface area contributed by atoms with Gasteiger partial charge in [0.2, 0.25) is 11.8 Å². The second kappa shape index (κ2) is 9.14. The molecule has 0 spiro atoms. The summed E-state index contributed by atoms with van der Waals surface area (Å²) in [5.74, 6) is 0.254. The molecule has 8 heteroatoms. The van der Waals surface area contributed by atoms with E-state index in [2.05, 4.69) is 15.5 Å². The van der Waals surface area contributed by atoms with Gasteiger partial charge in [0.1, 0.15) is 17.7 Å². The molecule has 2 aromatic carbocycles. The van der Waals surface area contributed by atoms with Crippen LogP contribution < -0.4 is 14.8 Å². The lowest BCUT2D eigenvalue weighted by Crippen LogP contribution is -2.33. The highest BCUT2D eigenvalue weighted by Crippen LogP contribution is 2.39. The second-order valence-corrected chi connectivity index (χ2v) is 7.35. The molecule has 1 unspecified atom stereocenters. The molecule has 0 bridgehead atoms. The third-order valence-corrected chi connectivity index (χ3v) is 5.16. The van der Waals surface area contributed by atoms with Crippen molar-refractivity contribution in [3.05, 3.63) is 76.6 Å². The van der Waals surface area contributed by atoms with Crippen LogP contribution in [0.4, 0.5) is 4.39 Å². The van der Waals surface area contributed by atoms with Crippen molar-refractivity contribution in [2.24, 2.45) is 0 Å². The van der Waals surface area contributed by atoms with Crippen molar-refractivity contribution < 1.29 is 18.7 Å². The van der Waals surface area contributed by atoms with Crippen LogP contribution in [0.3, 0.4) is 0 Å². The Morgan fingerprint density at radius 1 is 1.29 bits per heavy atom. The zero-order chi connectivity index (χ0) is 21.8.